The molecule has 7 nitrogen and oxygen atoms in total. The predicted octanol–water partition coefficient (Wildman–Crippen LogP) is 5.17. The molecule has 0 atom stereocenters. The zero-order chi connectivity index (χ0) is 24.2. The van der Waals surface area contributed by atoms with E-state index in [4.69, 9.17) is 21.3 Å². The molecule has 0 aliphatic carbocycles. The van der Waals surface area contributed by atoms with Crippen LogP contribution in [-0.4, -0.2) is 39.2 Å². The fourth-order valence-corrected chi connectivity index (χ4v) is 4.13. The van der Waals surface area contributed by atoms with Gasteiger partial charge in [0, 0.05) is 43.2 Å². The minimum absolute atomic E-state index is 0.0823. The van der Waals surface area contributed by atoms with Crippen molar-refractivity contribution in [2.45, 2.75) is 19.5 Å². The number of imidazole rings is 1. The lowest BCUT2D eigenvalue weighted by Gasteiger charge is -2.24. The first-order chi connectivity index (χ1) is 17.1. The van der Waals surface area contributed by atoms with Crippen LogP contribution in [0.3, 0.4) is 0 Å². The zero-order valence-electron chi connectivity index (χ0n) is 18.8. The van der Waals surface area contributed by atoms with Crippen LogP contribution in [0.15, 0.2) is 61.3 Å². The van der Waals surface area contributed by atoms with Crippen LogP contribution in [0, 0.1) is 11.6 Å². The van der Waals surface area contributed by atoms with Gasteiger partial charge in [-0.05, 0) is 42.8 Å². The molecule has 2 aromatic heterocycles. The number of anilines is 2. The lowest BCUT2D eigenvalue weighted by Crippen LogP contribution is -2.25. The van der Waals surface area contributed by atoms with Crippen molar-refractivity contribution in [1.82, 2.24) is 19.5 Å². The van der Waals surface area contributed by atoms with Crippen LogP contribution in [0.2, 0.25) is 5.02 Å². The fraction of sp³-hybridized carbons (Fsp3) is 0.240. The van der Waals surface area contributed by atoms with Crippen LogP contribution in [0.5, 0.6) is 5.75 Å². The number of benzene rings is 2. The number of hydrogen-bond acceptors (Lipinski definition) is 6. The number of nitrogens with zero attached hydrogens (tertiary/aromatic N) is 5. The SMILES string of the molecule is Fc1ccc(F)c(CN2CCCNc3ncc(-c4ccc(OCCn5ccnc5)cc4)nc32)c1Cl. The Morgan fingerprint density at radius 1 is 1.09 bits per heavy atom. The summed E-state index contributed by atoms with van der Waals surface area (Å²) in [6.07, 6.45) is 7.85. The Bertz CT molecular complexity index is 1300. The van der Waals surface area contributed by atoms with Crippen LogP contribution >= 0.6 is 11.6 Å². The number of rotatable bonds is 7. The van der Waals surface area contributed by atoms with E-state index in [1.165, 1.54) is 0 Å². The van der Waals surface area contributed by atoms with Crippen LogP contribution in [0.1, 0.15) is 12.0 Å². The highest BCUT2D eigenvalue weighted by Gasteiger charge is 2.22. The number of hydrogen-bond donors (Lipinski definition) is 1. The zero-order valence-corrected chi connectivity index (χ0v) is 19.6. The smallest absolute Gasteiger partial charge is 0.172 e. The maximum absolute atomic E-state index is 14.5. The molecular formula is C25H23ClF2N6O. The molecule has 0 unspecified atom stereocenters. The lowest BCUT2D eigenvalue weighted by atomic mass is 10.1. The van der Waals surface area contributed by atoms with E-state index in [9.17, 15) is 8.78 Å². The fourth-order valence-electron chi connectivity index (χ4n) is 3.91. The quantitative estimate of drug-likeness (QED) is 0.356. The van der Waals surface area contributed by atoms with Crippen molar-refractivity contribution in [2.24, 2.45) is 0 Å². The van der Waals surface area contributed by atoms with Gasteiger partial charge in [-0.2, -0.15) is 0 Å². The van der Waals surface area contributed by atoms with Crippen molar-refractivity contribution in [3.8, 4) is 17.0 Å². The van der Waals surface area contributed by atoms with Crippen LogP contribution in [0.4, 0.5) is 20.4 Å². The minimum Gasteiger partial charge on any atom is -0.492 e. The van der Waals surface area contributed by atoms with Gasteiger partial charge in [0.1, 0.15) is 24.0 Å². The molecule has 35 heavy (non-hydrogen) atoms. The Morgan fingerprint density at radius 2 is 1.91 bits per heavy atom. The third-order valence-electron chi connectivity index (χ3n) is 5.77. The van der Waals surface area contributed by atoms with E-state index in [0.29, 0.717) is 43.6 Å². The molecule has 0 saturated carbocycles. The highest BCUT2D eigenvalue weighted by molar-refractivity contribution is 6.31. The molecule has 0 fully saturated rings. The second-order valence-electron chi connectivity index (χ2n) is 8.12. The standard InChI is InChI=1S/C25H23ClF2N6O/c26-23-19(20(27)6-7-21(23)28)15-34-10-1-8-30-24-25(34)32-22(14-31-24)17-2-4-18(5-3-17)35-13-12-33-11-9-29-16-33/h2-7,9,11,14,16H,1,8,10,12-13,15H2,(H,30,31). The Kier molecular flexibility index (Phi) is 6.76. The summed E-state index contributed by atoms with van der Waals surface area (Å²) in [6, 6.07) is 9.72. The highest BCUT2D eigenvalue weighted by Crippen LogP contribution is 2.32. The van der Waals surface area contributed by atoms with Gasteiger partial charge in [-0.3, -0.25) is 0 Å². The number of ether oxygens (including phenoxy) is 1. The maximum Gasteiger partial charge on any atom is 0.172 e. The van der Waals surface area contributed by atoms with Gasteiger partial charge >= 0.3 is 0 Å². The topological polar surface area (TPSA) is 68.1 Å². The summed E-state index contributed by atoms with van der Waals surface area (Å²) in [4.78, 5) is 15.3. The predicted molar refractivity (Wildman–Crippen MR) is 131 cm³/mol. The first-order valence-electron chi connectivity index (χ1n) is 11.3. The molecule has 1 aliphatic heterocycles. The summed E-state index contributed by atoms with van der Waals surface area (Å²) in [5, 5.41) is 3.05. The van der Waals surface area contributed by atoms with Crippen LogP contribution < -0.4 is 15.0 Å². The third-order valence-corrected chi connectivity index (χ3v) is 6.17. The van der Waals surface area contributed by atoms with Crippen molar-refractivity contribution in [3.63, 3.8) is 0 Å². The Morgan fingerprint density at radius 3 is 2.71 bits per heavy atom. The van der Waals surface area contributed by atoms with E-state index in [0.717, 1.165) is 29.9 Å². The van der Waals surface area contributed by atoms with E-state index < -0.39 is 11.6 Å². The van der Waals surface area contributed by atoms with Gasteiger partial charge < -0.3 is 19.5 Å². The lowest BCUT2D eigenvalue weighted by molar-refractivity contribution is 0.298. The van der Waals surface area contributed by atoms with Gasteiger partial charge in [0.05, 0.1) is 29.8 Å². The first-order valence-corrected chi connectivity index (χ1v) is 11.6. The molecule has 0 radical (unpaired) electrons. The Labute approximate surface area is 206 Å². The monoisotopic (exact) mass is 496 g/mol. The summed E-state index contributed by atoms with van der Waals surface area (Å²) in [7, 11) is 0. The van der Waals surface area contributed by atoms with E-state index in [1.807, 2.05) is 39.9 Å². The number of fused-ring (bicyclic) bond motifs is 1. The molecule has 4 aromatic rings. The van der Waals surface area contributed by atoms with Crippen LogP contribution in [-0.2, 0) is 13.1 Å². The van der Waals surface area contributed by atoms with Gasteiger partial charge in [-0.15, -0.1) is 0 Å². The summed E-state index contributed by atoms with van der Waals surface area (Å²) in [6.45, 7) is 2.60. The molecule has 10 heteroatoms. The highest BCUT2D eigenvalue weighted by atomic mass is 35.5. The summed E-state index contributed by atoms with van der Waals surface area (Å²) in [5.74, 6) is 0.710. The average molecular weight is 497 g/mol. The molecule has 5 rings (SSSR count). The van der Waals surface area contributed by atoms with Crippen molar-refractivity contribution < 1.29 is 13.5 Å². The van der Waals surface area contributed by atoms with Gasteiger partial charge in [0.25, 0.3) is 0 Å². The van der Waals surface area contributed by atoms with Crippen molar-refractivity contribution >= 4 is 23.2 Å². The average Bonchev–Trinajstić information content (AvgIpc) is 3.31. The van der Waals surface area contributed by atoms with Crippen molar-refractivity contribution in [1.29, 1.82) is 0 Å². The number of nitrogens with one attached hydrogen (secondary N) is 1. The Balaban J connectivity index is 1.35. The Hall–Kier alpha value is -3.72. The van der Waals surface area contributed by atoms with Gasteiger partial charge in [-0.25, -0.2) is 23.7 Å². The van der Waals surface area contributed by atoms with Gasteiger partial charge in [-0.1, -0.05) is 11.6 Å². The summed E-state index contributed by atoms with van der Waals surface area (Å²) >= 11 is 6.08. The number of halogens is 3. The summed E-state index contributed by atoms with van der Waals surface area (Å²) in [5.41, 5.74) is 1.62. The van der Waals surface area contributed by atoms with E-state index in [2.05, 4.69) is 15.3 Å². The largest absolute Gasteiger partial charge is 0.492 e. The molecule has 0 bridgehead atoms. The van der Waals surface area contributed by atoms with E-state index >= 15 is 0 Å². The molecule has 1 aliphatic rings. The molecule has 1 N–H and O–H groups in total. The van der Waals surface area contributed by atoms with E-state index in [1.54, 1.807) is 18.7 Å². The maximum atomic E-state index is 14.5. The molecule has 180 valence electrons. The summed E-state index contributed by atoms with van der Waals surface area (Å²) < 4.78 is 36.2. The van der Waals surface area contributed by atoms with Crippen LogP contribution in [0.25, 0.3) is 11.3 Å². The molecule has 3 heterocycles. The molecule has 2 aromatic carbocycles. The van der Waals surface area contributed by atoms with Gasteiger partial charge in [0.15, 0.2) is 11.6 Å². The molecule has 0 saturated heterocycles. The van der Waals surface area contributed by atoms with Gasteiger partial charge in [0.2, 0.25) is 0 Å². The van der Waals surface area contributed by atoms with E-state index in [-0.39, 0.29) is 17.1 Å². The van der Waals surface area contributed by atoms with Crippen molar-refractivity contribution in [3.05, 3.63) is 83.5 Å². The second kappa shape index (κ2) is 10.3. The van der Waals surface area contributed by atoms with Crippen molar-refractivity contribution in [2.75, 3.05) is 29.9 Å². The number of aromatic nitrogens is 4. The minimum atomic E-state index is -0.650. The normalized spacial score (nSPS) is 13.2. The molecule has 0 amide bonds. The molecule has 0 spiro atoms. The first kappa shape index (κ1) is 23.0. The third kappa shape index (κ3) is 5.19. The molecular weight excluding hydrogens is 474 g/mol. The second-order valence-corrected chi connectivity index (χ2v) is 8.50.